The van der Waals surface area contributed by atoms with Gasteiger partial charge in [0, 0.05) is 36.9 Å². The number of thiophene rings is 1. The number of hydrogen-bond donors (Lipinski definition) is 0. The minimum Gasteiger partial charge on any atom is -0.208 e. The predicted molar refractivity (Wildman–Crippen MR) is 198 cm³/mol. The van der Waals surface area contributed by atoms with Crippen LogP contribution in [0.3, 0.4) is 0 Å². The van der Waals surface area contributed by atoms with Crippen molar-refractivity contribution >= 4 is 63.8 Å². The number of rotatable bonds is 4. The summed E-state index contributed by atoms with van der Waals surface area (Å²) in [5.41, 5.74) is 5.29. The minimum absolute atomic E-state index is 0.657. The van der Waals surface area contributed by atoms with E-state index in [1.807, 2.05) is 41.7 Å². The molecule has 0 N–H and O–H groups in total. The van der Waals surface area contributed by atoms with Crippen molar-refractivity contribution in [3.8, 4) is 45.3 Å². The molecule has 10 rings (SSSR count). The maximum Gasteiger partial charge on any atom is 0.164 e. The van der Waals surface area contributed by atoms with E-state index in [9.17, 15) is 0 Å². The molecule has 0 amide bonds. The van der Waals surface area contributed by atoms with Gasteiger partial charge in [-0.05, 0) is 61.6 Å². The van der Waals surface area contributed by atoms with Crippen LogP contribution in [0.4, 0.5) is 0 Å². The third kappa shape index (κ3) is 4.16. The summed E-state index contributed by atoms with van der Waals surface area (Å²) in [6, 6.07) is 53.7. The van der Waals surface area contributed by atoms with Crippen molar-refractivity contribution in [1.82, 2.24) is 15.0 Å². The molecule has 2 heterocycles. The largest absolute Gasteiger partial charge is 0.208 e. The van der Waals surface area contributed by atoms with Crippen molar-refractivity contribution < 1.29 is 0 Å². The van der Waals surface area contributed by atoms with Gasteiger partial charge in [0.15, 0.2) is 17.5 Å². The molecule has 3 nitrogen and oxygen atoms in total. The quantitative estimate of drug-likeness (QED) is 0.185. The molecule has 0 radical (unpaired) electrons. The zero-order valence-corrected chi connectivity index (χ0v) is 26.0. The Morgan fingerprint density at radius 3 is 1.72 bits per heavy atom. The molecule has 0 aliphatic rings. The molecule has 0 saturated carbocycles. The zero-order chi connectivity index (χ0) is 30.9. The van der Waals surface area contributed by atoms with Crippen molar-refractivity contribution in [2.75, 3.05) is 0 Å². The van der Waals surface area contributed by atoms with Crippen LogP contribution in [-0.2, 0) is 0 Å². The van der Waals surface area contributed by atoms with Gasteiger partial charge in [-0.15, -0.1) is 11.3 Å². The first-order valence-corrected chi connectivity index (χ1v) is 16.6. The highest BCUT2D eigenvalue weighted by Crippen LogP contribution is 2.48. The Balaban J connectivity index is 1.14. The molecule has 0 aliphatic heterocycles. The summed E-state index contributed by atoms with van der Waals surface area (Å²) in [6.07, 6.45) is 0. The number of benzene rings is 8. The van der Waals surface area contributed by atoms with Gasteiger partial charge in [-0.1, -0.05) is 133 Å². The van der Waals surface area contributed by atoms with Gasteiger partial charge in [-0.25, -0.2) is 15.0 Å². The van der Waals surface area contributed by atoms with Crippen LogP contribution >= 0.6 is 11.3 Å². The van der Waals surface area contributed by atoms with Crippen molar-refractivity contribution in [2.24, 2.45) is 0 Å². The topological polar surface area (TPSA) is 38.7 Å². The highest BCUT2D eigenvalue weighted by molar-refractivity contribution is 7.26. The molecule has 0 unspecified atom stereocenters. The fourth-order valence-electron chi connectivity index (χ4n) is 7.07. The van der Waals surface area contributed by atoms with E-state index < -0.39 is 0 Å². The van der Waals surface area contributed by atoms with Crippen molar-refractivity contribution in [3.05, 3.63) is 152 Å². The SMILES string of the molecule is c1ccc(-c2nc(-c3ccc(-c4ccc5sc6cccc7c8ccccc8c4c5c67)cc3)nc(-c3ccc4ccccc4c3)n2)cc1. The molecule has 10 aromatic rings. The highest BCUT2D eigenvalue weighted by Gasteiger charge is 2.19. The summed E-state index contributed by atoms with van der Waals surface area (Å²) in [6.45, 7) is 0. The first-order chi connectivity index (χ1) is 23.3. The van der Waals surface area contributed by atoms with Crippen LogP contribution in [0.25, 0.3) is 97.8 Å². The molecule has 0 bridgehead atoms. The average molecular weight is 616 g/mol. The summed E-state index contributed by atoms with van der Waals surface area (Å²) in [4.78, 5) is 15.0. The molecule has 0 aliphatic carbocycles. The molecule has 0 atom stereocenters. The molecular weight excluding hydrogens is 591 g/mol. The minimum atomic E-state index is 0.657. The van der Waals surface area contributed by atoms with Crippen LogP contribution in [0, 0.1) is 0 Å². The van der Waals surface area contributed by atoms with Gasteiger partial charge in [-0.3, -0.25) is 0 Å². The summed E-state index contributed by atoms with van der Waals surface area (Å²) in [5, 5.41) is 10.3. The molecule has 47 heavy (non-hydrogen) atoms. The van der Waals surface area contributed by atoms with E-state index in [0.29, 0.717) is 17.5 Å². The Kier molecular flexibility index (Phi) is 5.74. The first-order valence-electron chi connectivity index (χ1n) is 15.8. The van der Waals surface area contributed by atoms with E-state index >= 15 is 0 Å². The fourth-order valence-corrected chi connectivity index (χ4v) is 8.21. The number of aromatic nitrogens is 3. The first kappa shape index (κ1) is 26.3. The van der Waals surface area contributed by atoms with Gasteiger partial charge in [0.1, 0.15) is 0 Å². The number of hydrogen-bond acceptors (Lipinski definition) is 4. The smallest absolute Gasteiger partial charge is 0.164 e. The second-order valence-electron chi connectivity index (χ2n) is 12.0. The fraction of sp³-hybridized carbons (Fsp3) is 0. The van der Waals surface area contributed by atoms with E-state index in [-0.39, 0.29) is 0 Å². The Hall–Kier alpha value is -5.97. The van der Waals surface area contributed by atoms with Gasteiger partial charge in [-0.2, -0.15) is 0 Å². The lowest BCUT2D eigenvalue weighted by Gasteiger charge is -2.14. The van der Waals surface area contributed by atoms with E-state index in [1.165, 1.54) is 58.2 Å². The third-order valence-corrected chi connectivity index (χ3v) is 10.4. The van der Waals surface area contributed by atoms with E-state index in [4.69, 9.17) is 15.0 Å². The molecule has 4 heteroatoms. The van der Waals surface area contributed by atoms with Gasteiger partial charge in [0.05, 0.1) is 0 Å². The maximum atomic E-state index is 5.03. The Labute approximate surface area is 274 Å². The molecular formula is C43H25N3S. The average Bonchev–Trinajstić information content (AvgIpc) is 3.54. The molecule has 0 spiro atoms. The van der Waals surface area contributed by atoms with Gasteiger partial charge < -0.3 is 0 Å². The van der Waals surface area contributed by atoms with E-state index in [2.05, 4.69) is 121 Å². The van der Waals surface area contributed by atoms with Gasteiger partial charge >= 0.3 is 0 Å². The van der Waals surface area contributed by atoms with Crippen LogP contribution < -0.4 is 0 Å². The van der Waals surface area contributed by atoms with Crippen LogP contribution in [0.2, 0.25) is 0 Å². The Bertz CT molecular complexity index is 2780. The normalized spacial score (nSPS) is 11.8. The van der Waals surface area contributed by atoms with E-state index in [0.717, 1.165) is 22.1 Å². The Morgan fingerprint density at radius 1 is 0.340 bits per heavy atom. The van der Waals surface area contributed by atoms with Crippen molar-refractivity contribution in [3.63, 3.8) is 0 Å². The monoisotopic (exact) mass is 615 g/mol. The van der Waals surface area contributed by atoms with Crippen LogP contribution in [0.5, 0.6) is 0 Å². The summed E-state index contributed by atoms with van der Waals surface area (Å²) in [7, 11) is 0. The number of fused-ring (bicyclic) bond motifs is 4. The maximum absolute atomic E-state index is 5.03. The lowest BCUT2D eigenvalue weighted by atomic mass is 9.89. The lowest BCUT2D eigenvalue weighted by molar-refractivity contribution is 1.07. The van der Waals surface area contributed by atoms with Crippen LogP contribution in [-0.4, -0.2) is 15.0 Å². The summed E-state index contributed by atoms with van der Waals surface area (Å²) < 4.78 is 2.67. The highest BCUT2D eigenvalue weighted by atomic mass is 32.1. The Morgan fingerprint density at radius 2 is 0.915 bits per heavy atom. The van der Waals surface area contributed by atoms with Gasteiger partial charge in [0.2, 0.25) is 0 Å². The predicted octanol–water partition coefficient (Wildman–Crippen LogP) is 11.8. The second kappa shape index (κ2) is 10.3. The van der Waals surface area contributed by atoms with Crippen molar-refractivity contribution in [2.45, 2.75) is 0 Å². The molecule has 0 fully saturated rings. The lowest BCUT2D eigenvalue weighted by Crippen LogP contribution is -2.00. The molecule has 2 aromatic heterocycles. The van der Waals surface area contributed by atoms with E-state index in [1.54, 1.807) is 0 Å². The third-order valence-electron chi connectivity index (χ3n) is 9.28. The van der Waals surface area contributed by atoms with Crippen molar-refractivity contribution in [1.29, 1.82) is 0 Å². The zero-order valence-electron chi connectivity index (χ0n) is 25.2. The van der Waals surface area contributed by atoms with Crippen LogP contribution in [0.1, 0.15) is 0 Å². The molecule has 0 saturated heterocycles. The summed E-state index contributed by atoms with van der Waals surface area (Å²) in [5.74, 6) is 1.98. The summed E-state index contributed by atoms with van der Waals surface area (Å²) >= 11 is 1.88. The standard InChI is InChI=1S/C43H25N3S/c1-2-10-28(11-3-1)41-44-42(46-43(45-41)31-22-17-26-9-4-5-12-30(26)25-31)29-20-18-27(19-21-29)32-23-24-37-40-38(32)34-14-7-6-13-33(34)35-15-8-16-36(47-37)39(35)40/h1-25H. The molecule has 8 aromatic carbocycles. The number of nitrogens with zero attached hydrogens (tertiary/aromatic N) is 3. The van der Waals surface area contributed by atoms with Gasteiger partial charge in [0.25, 0.3) is 0 Å². The van der Waals surface area contributed by atoms with Crippen LogP contribution in [0.15, 0.2) is 152 Å². The second-order valence-corrected chi connectivity index (χ2v) is 13.1. The molecule has 218 valence electrons.